The van der Waals surface area contributed by atoms with Gasteiger partial charge in [0.2, 0.25) is 0 Å². The van der Waals surface area contributed by atoms with Gasteiger partial charge >= 0.3 is 29.6 Å². The van der Waals surface area contributed by atoms with Gasteiger partial charge < -0.3 is 4.55 Å². The number of fused-ring (bicyclic) bond motifs is 1. The molecule has 0 radical (unpaired) electrons. The van der Waals surface area contributed by atoms with Crippen LogP contribution in [-0.2, 0) is 23.0 Å². The Morgan fingerprint density at radius 1 is 0.905 bits per heavy atom. The molecule has 2 aromatic rings. The van der Waals surface area contributed by atoms with Gasteiger partial charge in [0, 0.05) is 0 Å². The minimum Gasteiger partial charge on any atom is -0.744 e. The van der Waals surface area contributed by atoms with Crippen molar-refractivity contribution in [3.05, 3.63) is 41.5 Å². The summed E-state index contributed by atoms with van der Waals surface area (Å²) in [5.41, 5.74) is 2.31. The summed E-state index contributed by atoms with van der Waals surface area (Å²) in [6.07, 6.45) is 3.85. The zero-order chi connectivity index (χ0) is 14.8. The van der Waals surface area contributed by atoms with Crippen molar-refractivity contribution >= 4 is 20.9 Å². The summed E-state index contributed by atoms with van der Waals surface area (Å²) in [4.78, 5) is -0.143. The predicted molar refractivity (Wildman–Crippen MR) is 79.9 cm³/mol. The largest absolute Gasteiger partial charge is 1.00 e. The van der Waals surface area contributed by atoms with Gasteiger partial charge in [-0.2, -0.15) is 0 Å². The molecule has 0 saturated heterocycles. The summed E-state index contributed by atoms with van der Waals surface area (Å²) in [5, 5.41) is 1.96. The molecule has 0 spiro atoms. The quantitative estimate of drug-likeness (QED) is 0.601. The summed E-state index contributed by atoms with van der Waals surface area (Å²) < 4.78 is 33.6. The standard InChI is InChI=1S/C16H20O3S.Na/c1-3-5-12-7-8-13(6-4-2)16-11-14(20(17,18)19)9-10-15(12)16;/h7-11H,3-6H2,1-2H3,(H,17,18,19);/q;+1/p-1. The summed E-state index contributed by atoms with van der Waals surface area (Å²) in [6, 6.07) is 8.88. The monoisotopic (exact) mass is 314 g/mol. The van der Waals surface area contributed by atoms with Crippen molar-refractivity contribution < 1.29 is 42.5 Å². The zero-order valence-electron chi connectivity index (χ0n) is 12.8. The molecule has 0 atom stereocenters. The van der Waals surface area contributed by atoms with E-state index in [0.717, 1.165) is 42.0 Å². The first-order valence-electron chi connectivity index (χ1n) is 6.97. The van der Waals surface area contributed by atoms with E-state index in [1.165, 1.54) is 17.7 Å². The second kappa shape index (κ2) is 7.75. The Kier molecular flexibility index (Phi) is 6.88. The Morgan fingerprint density at radius 3 is 1.90 bits per heavy atom. The van der Waals surface area contributed by atoms with Gasteiger partial charge in [-0.25, -0.2) is 8.42 Å². The number of aryl methyl sites for hydroxylation is 2. The van der Waals surface area contributed by atoms with Gasteiger partial charge in [-0.3, -0.25) is 0 Å². The molecule has 2 rings (SSSR count). The average Bonchev–Trinajstić information content (AvgIpc) is 2.40. The van der Waals surface area contributed by atoms with Gasteiger partial charge in [0.15, 0.2) is 0 Å². The molecule has 0 bridgehead atoms. The minimum absolute atomic E-state index is 0. The van der Waals surface area contributed by atoms with Gasteiger partial charge in [-0.15, -0.1) is 0 Å². The van der Waals surface area contributed by atoms with Gasteiger partial charge in [-0.1, -0.05) is 44.9 Å². The van der Waals surface area contributed by atoms with E-state index in [9.17, 15) is 13.0 Å². The minimum atomic E-state index is -4.40. The van der Waals surface area contributed by atoms with E-state index in [0.29, 0.717) is 0 Å². The first-order valence-corrected chi connectivity index (χ1v) is 8.38. The Hall–Kier alpha value is -0.390. The summed E-state index contributed by atoms with van der Waals surface area (Å²) in [6.45, 7) is 4.20. The number of hydrogen-bond donors (Lipinski definition) is 0. The third kappa shape index (κ3) is 4.30. The fourth-order valence-corrected chi connectivity index (χ4v) is 3.08. The third-order valence-electron chi connectivity index (χ3n) is 3.50. The Balaban J connectivity index is 0.00000220. The Morgan fingerprint density at radius 2 is 1.43 bits per heavy atom. The van der Waals surface area contributed by atoms with Gasteiger partial charge in [0.25, 0.3) is 0 Å². The van der Waals surface area contributed by atoms with Crippen molar-refractivity contribution in [1.82, 2.24) is 0 Å². The van der Waals surface area contributed by atoms with Crippen molar-refractivity contribution in [2.45, 2.75) is 44.4 Å². The van der Waals surface area contributed by atoms with E-state index in [2.05, 4.69) is 26.0 Å². The zero-order valence-corrected chi connectivity index (χ0v) is 15.7. The van der Waals surface area contributed by atoms with Gasteiger partial charge in [0.05, 0.1) is 4.90 Å². The molecule has 108 valence electrons. The van der Waals surface area contributed by atoms with Crippen molar-refractivity contribution in [3.8, 4) is 0 Å². The van der Waals surface area contributed by atoms with E-state index < -0.39 is 10.1 Å². The van der Waals surface area contributed by atoms with E-state index in [1.54, 1.807) is 6.07 Å². The normalized spacial score (nSPS) is 11.4. The molecule has 0 aliphatic carbocycles. The molecule has 0 aromatic heterocycles. The molecule has 0 heterocycles. The van der Waals surface area contributed by atoms with E-state index in [-0.39, 0.29) is 34.5 Å². The SMILES string of the molecule is CCCc1ccc(CCC)c2cc(S(=O)(=O)[O-])ccc12.[Na+]. The molecule has 0 fully saturated rings. The smallest absolute Gasteiger partial charge is 0.744 e. The molecule has 5 heteroatoms. The third-order valence-corrected chi connectivity index (χ3v) is 4.33. The predicted octanol–water partition coefficient (Wildman–Crippen LogP) is 0.653. The molecular formula is C16H19NaO3S. The van der Waals surface area contributed by atoms with Crippen molar-refractivity contribution in [2.24, 2.45) is 0 Å². The topological polar surface area (TPSA) is 57.2 Å². The van der Waals surface area contributed by atoms with Crippen molar-refractivity contribution in [1.29, 1.82) is 0 Å². The fraction of sp³-hybridized carbons (Fsp3) is 0.375. The Labute approximate surface area is 148 Å². The van der Waals surface area contributed by atoms with Crippen LogP contribution in [0.3, 0.4) is 0 Å². The molecule has 0 unspecified atom stereocenters. The maximum absolute atomic E-state index is 11.2. The summed E-state index contributed by atoms with van der Waals surface area (Å²) in [5.74, 6) is 0. The van der Waals surface area contributed by atoms with Crippen LogP contribution in [0.1, 0.15) is 37.8 Å². The average molecular weight is 314 g/mol. The molecule has 2 aromatic carbocycles. The van der Waals surface area contributed by atoms with Crippen LogP contribution in [0.5, 0.6) is 0 Å². The first kappa shape index (κ1) is 18.7. The maximum atomic E-state index is 11.2. The Bertz CT molecular complexity index is 724. The molecular weight excluding hydrogens is 295 g/mol. The molecule has 21 heavy (non-hydrogen) atoms. The van der Waals surface area contributed by atoms with E-state index >= 15 is 0 Å². The molecule has 0 N–H and O–H groups in total. The molecule has 0 aliphatic heterocycles. The number of hydrogen-bond acceptors (Lipinski definition) is 3. The van der Waals surface area contributed by atoms with Crippen LogP contribution in [0, 0.1) is 0 Å². The number of benzene rings is 2. The van der Waals surface area contributed by atoms with Gasteiger partial charge in [0.1, 0.15) is 10.1 Å². The van der Waals surface area contributed by atoms with E-state index in [1.807, 2.05) is 0 Å². The fourth-order valence-electron chi connectivity index (χ4n) is 2.58. The van der Waals surface area contributed by atoms with Crippen molar-refractivity contribution in [2.75, 3.05) is 0 Å². The van der Waals surface area contributed by atoms with Crippen LogP contribution in [-0.4, -0.2) is 13.0 Å². The van der Waals surface area contributed by atoms with Crippen LogP contribution < -0.4 is 29.6 Å². The molecule has 0 amide bonds. The van der Waals surface area contributed by atoms with Crippen LogP contribution in [0.15, 0.2) is 35.2 Å². The van der Waals surface area contributed by atoms with Gasteiger partial charge in [-0.05, 0) is 46.9 Å². The van der Waals surface area contributed by atoms with Crippen molar-refractivity contribution in [3.63, 3.8) is 0 Å². The van der Waals surface area contributed by atoms with Crippen LogP contribution in [0.25, 0.3) is 10.8 Å². The van der Waals surface area contributed by atoms with Crippen LogP contribution in [0.2, 0.25) is 0 Å². The second-order valence-corrected chi connectivity index (χ2v) is 6.42. The molecule has 0 aliphatic rings. The van der Waals surface area contributed by atoms with Crippen LogP contribution in [0.4, 0.5) is 0 Å². The molecule has 0 saturated carbocycles. The maximum Gasteiger partial charge on any atom is 1.00 e. The molecule has 3 nitrogen and oxygen atoms in total. The van der Waals surface area contributed by atoms with Crippen LogP contribution >= 0.6 is 0 Å². The summed E-state index contributed by atoms with van der Waals surface area (Å²) >= 11 is 0. The first-order chi connectivity index (χ1) is 9.47. The second-order valence-electron chi connectivity index (χ2n) is 5.05. The number of rotatable bonds is 5. The summed E-state index contributed by atoms with van der Waals surface area (Å²) in [7, 11) is -4.40. The van der Waals surface area contributed by atoms with E-state index in [4.69, 9.17) is 0 Å².